The maximum absolute atomic E-state index is 12.2. The lowest BCUT2D eigenvalue weighted by Crippen LogP contribution is -2.22. The highest BCUT2D eigenvalue weighted by molar-refractivity contribution is 5.28. The third kappa shape index (κ3) is 3.36. The summed E-state index contributed by atoms with van der Waals surface area (Å²) in [7, 11) is 0. The van der Waals surface area contributed by atoms with Crippen molar-refractivity contribution in [2.75, 3.05) is 0 Å². The van der Waals surface area contributed by atoms with Crippen molar-refractivity contribution in [1.82, 2.24) is 0 Å². The quantitative estimate of drug-likeness (QED) is 0.814. The van der Waals surface area contributed by atoms with Crippen molar-refractivity contribution < 1.29 is 36.6 Å². The second-order valence-corrected chi connectivity index (χ2v) is 3.56. The molecule has 0 fully saturated rings. The molecule has 1 aromatic carbocycles. The van der Waals surface area contributed by atoms with Gasteiger partial charge in [0.25, 0.3) is 0 Å². The van der Waals surface area contributed by atoms with Crippen LogP contribution in [-0.4, -0.2) is 22.6 Å². The summed E-state index contributed by atoms with van der Waals surface area (Å²) in [6.07, 6.45) is -15.8. The molecule has 1 aromatic rings. The predicted molar refractivity (Wildman–Crippen MR) is 48.5 cm³/mol. The molecule has 0 aromatic heterocycles. The molecule has 0 aliphatic carbocycles. The molecule has 0 heterocycles. The van der Waals surface area contributed by atoms with E-state index in [1.165, 1.54) is 0 Å². The fourth-order valence-corrected chi connectivity index (χ4v) is 1.28. The SMILES string of the molecule is O[C@@H](c1cccc([C@H](O)C(F)(F)F)c1)C(F)(F)F. The monoisotopic (exact) mass is 274 g/mol. The molecule has 0 radical (unpaired) electrons. The predicted octanol–water partition coefficient (Wildman–Crippen LogP) is 2.88. The lowest BCUT2D eigenvalue weighted by atomic mass is 10.0. The number of aliphatic hydroxyl groups is 2. The van der Waals surface area contributed by atoms with Crippen LogP contribution < -0.4 is 0 Å². The van der Waals surface area contributed by atoms with Crippen LogP contribution in [0.25, 0.3) is 0 Å². The van der Waals surface area contributed by atoms with Gasteiger partial charge in [-0.05, 0) is 17.2 Å². The average molecular weight is 274 g/mol. The zero-order valence-corrected chi connectivity index (χ0v) is 8.63. The van der Waals surface area contributed by atoms with Crippen molar-refractivity contribution >= 4 is 0 Å². The highest BCUT2D eigenvalue weighted by Gasteiger charge is 2.42. The second-order valence-electron chi connectivity index (χ2n) is 3.56. The summed E-state index contributed by atoms with van der Waals surface area (Å²) >= 11 is 0. The second kappa shape index (κ2) is 4.77. The number of halogens is 6. The van der Waals surface area contributed by atoms with Gasteiger partial charge in [-0.2, -0.15) is 26.3 Å². The molecule has 2 atom stereocenters. The molecule has 1 rings (SSSR count). The fraction of sp³-hybridized carbons (Fsp3) is 0.400. The summed E-state index contributed by atoms with van der Waals surface area (Å²) in [5.74, 6) is 0. The van der Waals surface area contributed by atoms with Gasteiger partial charge in [0.2, 0.25) is 0 Å². The highest BCUT2D eigenvalue weighted by Crippen LogP contribution is 2.36. The van der Waals surface area contributed by atoms with E-state index in [1.54, 1.807) is 0 Å². The Morgan fingerprint density at radius 2 is 1.11 bits per heavy atom. The lowest BCUT2D eigenvalue weighted by Gasteiger charge is -2.18. The van der Waals surface area contributed by atoms with Crippen LogP contribution in [0.1, 0.15) is 23.3 Å². The zero-order chi connectivity index (χ0) is 14.1. The summed E-state index contributed by atoms with van der Waals surface area (Å²) in [6.45, 7) is 0. The summed E-state index contributed by atoms with van der Waals surface area (Å²) in [4.78, 5) is 0. The molecule has 0 saturated heterocycles. The van der Waals surface area contributed by atoms with Crippen molar-refractivity contribution in [3.8, 4) is 0 Å². The van der Waals surface area contributed by atoms with E-state index in [1.807, 2.05) is 0 Å². The Morgan fingerprint density at radius 3 is 1.39 bits per heavy atom. The van der Waals surface area contributed by atoms with E-state index in [0.717, 1.165) is 18.2 Å². The van der Waals surface area contributed by atoms with E-state index in [4.69, 9.17) is 10.2 Å². The van der Waals surface area contributed by atoms with Crippen molar-refractivity contribution in [1.29, 1.82) is 0 Å². The minimum absolute atomic E-state index is 0.469. The maximum Gasteiger partial charge on any atom is 0.418 e. The minimum Gasteiger partial charge on any atom is -0.379 e. The van der Waals surface area contributed by atoms with E-state index in [0.29, 0.717) is 6.07 Å². The van der Waals surface area contributed by atoms with Gasteiger partial charge in [0.15, 0.2) is 12.2 Å². The van der Waals surface area contributed by atoms with Gasteiger partial charge in [-0.3, -0.25) is 0 Å². The van der Waals surface area contributed by atoms with Crippen molar-refractivity contribution in [3.05, 3.63) is 35.4 Å². The summed E-state index contributed by atoms with van der Waals surface area (Å²) < 4.78 is 73.0. The van der Waals surface area contributed by atoms with Crippen molar-refractivity contribution in [2.24, 2.45) is 0 Å². The van der Waals surface area contributed by atoms with Crippen LogP contribution in [0.5, 0.6) is 0 Å². The first-order valence-electron chi connectivity index (χ1n) is 4.63. The van der Waals surface area contributed by atoms with Crippen LogP contribution in [-0.2, 0) is 0 Å². The molecule has 18 heavy (non-hydrogen) atoms. The highest BCUT2D eigenvalue weighted by atomic mass is 19.4. The van der Waals surface area contributed by atoms with Crippen molar-refractivity contribution in [2.45, 2.75) is 24.6 Å². The number of hydrogen-bond acceptors (Lipinski definition) is 2. The van der Waals surface area contributed by atoms with Gasteiger partial charge in [0, 0.05) is 0 Å². The number of alkyl halides is 6. The minimum atomic E-state index is -4.98. The Balaban J connectivity index is 3.07. The van der Waals surface area contributed by atoms with Gasteiger partial charge in [0.05, 0.1) is 0 Å². The van der Waals surface area contributed by atoms with Gasteiger partial charge in [-0.25, -0.2) is 0 Å². The van der Waals surface area contributed by atoms with Gasteiger partial charge in [-0.1, -0.05) is 18.2 Å². The average Bonchev–Trinajstić information content (AvgIpc) is 2.24. The molecule has 102 valence electrons. The summed E-state index contributed by atoms with van der Waals surface area (Å²) in [5, 5.41) is 17.8. The fourth-order valence-electron chi connectivity index (χ4n) is 1.28. The lowest BCUT2D eigenvalue weighted by molar-refractivity contribution is -0.208. The standard InChI is InChI=1S/C10H8F6O2/c11-9(12,13)7(17)5-2-1-3-6(4-5)8(18)10(14,15)16/h1-4,7-8,17-18H/t7-,8-/m0/s1. The first-order valence-corrected chi connectivity index (χ1v) is 4.63. The smallest absolute Gasteiger partial charge is 0.379 e. The van der Waals surface area contributed by atoms with E-state index >= 15 is 0 Å². The zero-order valence-electron chi connectivity index (χ0n) is 8.63. The number of aliphatic hydroxyl groups excluding tert-OH is 2. The van der Waals surface area contributed by atoms with E-state index < -0.39 is 35.7 Å². The number of rotatable bonds is 2. The molecule has 0 saturated carbocycles. The Labute approximate surface area is 97.5 Å². The van der Waals surface area contributed by atoms with E-state index in [2.05, 4.69) is 0 Å². The molecular formula is C10H8F6O2. The molecule has 0 amide bonds. The number of hydrogen-bond donors (Lipinski definition) is 2. The molecule has 2 N–H and O–H groups in total. The van der Waals surface area contributed by atoms with Crippen LogP contribution in [0.2, 0.25) is 0 Å². The van der Waals surface area contributed by atoms with Gasteiger partial charge in [0.1, 0.15) is 0 Å². The topological polar surface area (TPSA) is 40.5 Å². The van der Waals surface area contributed by atoms with Crippen LogP contribution in [0, 0.1) is 0 Å². The Morgan fingerprint density at radius 1 is 0.778 bits per heavy atom. The largest absolute Gasteiger partial charge is 0.418 e. The Bertz CT molecular complexity index is 376. The first-order chi connectivity index (χ1) is 8.03. The molecular weight excluding hydrogens is 266 g/mol. The van der Waals surface area contributed by atoms with Crippen LogP contribution in [0.3, 0.4) is 0 Å². The Hall–Kier alpha value is -1.28. The summed E-state index contributed by atoms with van der Waals surface area (Å²) in [6, 6.07) is 3.01. The molecule has 0 aliphatic heterocycles. The van der Waals surface area contributed by atoms with Crippen LogP contribution in [0.15, 0.2) is 24.3 Å². The third-order valence-electron chi connectivity index (χ3n) is 2.16. The van der Waals surface area contributed by atoms with Crippen molar-refractivity contribution in [3.63, 3.8) is 0 Å². The molecule has 2 nitrogen and oxygen atoms in total. The van der Waals surface area contributed by atoms with Gasteiger partial charge in [-0.15, -0.1) is 0 Å². The Kier molecular flexibility index (Phi) is 3.92. The van der Waals surface area contributed by atoms with Gasteiger partial charge < -0.3 is 10.2 Å². The first kappa shape index (κ1) is 14.8. The summed E-state index contributed by atoms with van der Waals surface area (Å²) in [5.41, 5.74) is -1.52. The molecule has 0 aliphatic rings. The number of benzene rings is 1. The molecule has 8 heteroatoms. The third-order valence-corrected chi connectivity index (χ3v) is 2.16. The van der Waals surface area contributed by atoms with Crippen LogP contribution >= 0.6 is 0 Å². The van der Waals surface area contributed by atoms with E-state index in [-0.39, 0.29) is 0 Å². The maximum atomic E-state index is 12.2. The molecule has 0 spiro atoms. The normalized spacial score (nSPS) is 16.4. The molecule has 0 bridgehead atoms. The van der Waals surface area contributed by atoms with Crippen LogP contribution in [0.4, 0.5) is 26.3 Å². The molecule has 0 unspecified atom stereocenters. The van der Waals surface area contributed by atoms with E-state index in [9.17, 15) is 26.3 Å². The van der Waals surface area contributed by atoms with Gasteiger partial charge >= 0.3 is 12.4 Å².